The molecule has 0 saturated carbocycles. The molecule has 0 bridgehead atoms. The van der Waals surface area contributed by atoms with Gasteiger partial charge in [-0.25, -0.2) is 4.39 Å². The number of anilines is 1. The first-order chi connectivity index (χ1) is 10.8. The summed E-state index contributed by atoms with van der Waals surface area (Å²) >= 11 is 0. The zero-order valence-electron chi connectivity index (χ0n) is 14.3. The summed E-state index contributed by atoms with van der Waals surface area (Å²) in [6.07, 6.45) is -0.600. The maximum Gasteiger partial charge on any atom is 0.238 e. The van der Waals surface area contributed by atoms with Crippen molar-refractivity contribution in [2.45, 2.75) is 45.9 Å². The minimum atomic E-state index is -0.654. The van der Waals surface area contributed by atoms with E-state index in [-0.39, 0.29) is 37.0 Å². The Balaban J connectivity index is 2.51. The van der Waals surface area contributed by atoms with Crippen LogP contribution in [0, 0.1) is 5.82 Å². The Kier molecular flexibility index (Phi) is 8.16. The largest absolute Gasteiger partial charge is 0.389 e. The van der Waals surface area contributed by atoms with Gasteiger partial charge < -0.3 is 15.2 Å². The number of hydrogen-bond acceptors (Lipinski definition) is 4. The van der Waals surface area contributed by atoms with Gasteiger partial charge in [-0.2, -0.15) is 0 Å². The lowest BCUT2D eigenvalue weighted by molar-refractivity contribution is -0.118. The standard InChI is InChI=1S/C17H27FN2O3/c1-12(2)20(9-16(21)11-23-13(3)4)10-17(22)19-15-7-5-14(18)6-8-15/h5-8,12-13,16,21H,9-11H2,1-4H3,(H,19,22). The van der Waals surface area contributed by atoms with Crippen LogP contribution in [0.3, 0.4) is 0 Å². The van der Waals surface area contributed by atoms with Gasteiger partial charge in [0.2, 0.25) is 5.91 Å². The number of nitrogens with zero attached hydrogens (tertiary/aromatic N) is 1. The van der Waals surface area contributed by atoms with E-state index in [0.717, 1.165) is 0 Å². The number of carbonyl (C=O) groups is 1. The lowest BCUT2D eigenvalue weighted by Gasteiger charge is -2.28. The Hall–Kier alpha value is -1.50. The summed E-state index contributed by atoms with van der Waals surface area (Å²) in [6.45, 7) is 8.46. The minimum absolute atomic E-state index is 0.0546. The van der Waals surface area contributed by atoms with E-state index in [1.54, 1.807) is 0 Å². The van der Waals surface area contributed by atoms with Crippen LogP contribution >= 0.6 is 0 Å². The molecule has 0 aromatic heterocycles. The van der Waals surface area contributed by atoms with Crippen molar-refractivity contribution >= 4 is 11.6 Å². The molecule has 0 radical (unpaired) electrons. The van der Waals surface area contributed by atoms with Gasteiger partial charge in [0.15, 0.2) is 0 Å². The molecule has 1 amide bonds. The third kappa shape index (κ3) is 8.06. The molecule has 23 heavy (non-hydrogen) atoms. The molecule has 5 nitrogen and oxygen atoms in total. The van der Waals surface area contributed by atoms with Crippen molar-refractivity contribution in [3.63, 3.8) is 0 Å². The van der Waals surface area contributed by atoms with Crippen LogP contribution in [0.25, 0.3) is 0 Å². The van der Waals surface area contributed by atoms with Crippen molar-refractivity contribution < 1.29 is 19.0 Å². The van der Waals surface area contributed by atoms with E-state index in [1.165, 1.54) is 24.3 Å². The maximum atomic E-state index is 12.9. The molecule has 0 aliphatic rings. The van der Waals surface area contributed by atoms with Gasteiger partial charge in [-0.15, -0.1) is 0 Å². The molecule has 1 rings (SSSR count). The highest BCUT2D eigenvalue weighted by Gasteiger charge is 2.18. The third-order valence-electron chi connectivity index (χ3n) is 3.27. The van der Waals surface area contributed by atoms with Crippen LogP contribution in [-0.4, -0.2) is 53.9 Å². The lowest BCUT2D eigenvalue weighted by atomic mass is 10.2. The Morgan fingerprint density at radius 3 is 2.39 bits per heavy atom. The van der Waals surface area contributed by atoms with Crippen molar-refractivity contribution in [3.05, 3.63) is 30.1 Å². The molecule has 0 heterocycles. The van der Waals surface area contributed by atoms with Crippen LogP contribution in [0.1, 0.15) is 27.7 Å². The third-order valence-corrected chi connectivity index (χ3v) is 3.27. The summed E-state index contributed by atoms with van der Waals surface area (Å²) in [5, 5.41) is 12.7. The monoisotopic (exact) mass is 326 g/mol. The van der Waals surface area contributed by atoms with Gasteiger partial charge >= 0.3 is 0 Å². The summed E-state index contributed by atoms with van der Waals surface area (Å²) in [6, 6.07) is 5.71. The first-order valence-electron chi connectivity index (χ1n) is 7.87. The molecule has 1 aromatic carbocycles. The quantitative estimate of drug-likeness (QED) is 0.731. The highest BCUT2D eigenvalue weighted by Crippen LogP contribution is 2.09. The van der Waals surface area contributed by atoms with Crippen LogP contribution < -0.4 is 5.32 Å². The molecular weight excluding hydrogens is 299 g/mol. The topological polar surface area (TPSA) is 61.8 Å². The number of ether oxygens (including phenoxy) is 1. The average molecular weight is 326 g/mol. The molecule has 0 aliphatic carbocycles. The molecule has 2 N–H and O–H groups in total. The van der Waals surface area contributed by atoms with E-state index < -0.39 is 6.10 Å². The number of nitrogens with one attached hydrogen (secondary N) is 1. The maximum absolute atomic E-state index is 12.9. The van der Waals surface area contributed by atoms with Gasteiger partial charge in [-0.1, -0.05) is 0 Å². The number of aliphatic hydroxyl groups is 1. The molecule has 0 aliphatic heterocycles. The van der Waals surface area contributed by atoms with E-state index in [4.69, 9.17) is 4.74 Å². The Morgan fingerprint density at radius 2 is 1.87 bits per heavy atom. The summed E-state index contributed by atoms with van der Waals surface area (Å²) in [7, 11) is 0. The zero-order chi connectivity index (χ0) is 17.4. The predicted molar refractivity (Wildman–Crippen MR) is 88.8 cm³/mol. The van der Waals surface area contributed by atoms with E-state index in [2.05, 4.69) is 5.32 Å². The van der Waals surface area contributed by atoms with E-state index >= 15 is 0 Å². The molecule has 6 heteroatoms. The highest BCUT2D eigenvalue weighted by molar-refractivity contribution is 5.92. The summed E-state index contributed by atoms with van der Waals surface area (Å²) in [4.78, 5) is 14.0. The number of amides is 1. The predicted octanol–water partition coefficient (Wildman–Crippen LogP) is 2.26. The Bertz CT molecular complexity index is 477. The summed E-state index contributed by atoms with van der Waals surface area (Å²) in [5.41, 5.74) is 0.545. The summed E-state index contributed by atoms with van der Waals surface area (Å²) in [5.74, 6) is -0.553. The molecule has 0 saturated heterocycles. The first-order valence-corrected chi connectivity index (χ1v) is 7.87. The fraction of sp³-hybridized carbons (Fsp3) is 0.588. The molecule has 1 unspecified atom stereocenters. The van der Waals surface area contributed by atoms with Crippen molar-refractivity contribution in [2.75, 3.05) is 25.0 Å². The molecule has 1 atom stereocenters. The second-order valence-corrected chi connectivity index (χ2v) is 6.11. The van der Waals surface area contributed by atoms with Crippen molar-refractivity contribution in [1.82, 2.24) is 4.90 Å². The second-order valence-electron chi connectivity index (χ2n) is 6.11. The second kappa shape index (κ2) is 9.60. The Morgan fingerprint density at radius 1 is 1.26 bits per heavy atom. The molecular formula is C17H27FN2O3. The molecule has 0 spiro atoms. The number of rotatable bonds is 9. The number of aliphatic hydroxyl groups excluding tert-OH is 1. The van der Waals surface area contributed by atoms with E-state index in [9.17, 15) is 14.3 Å². The zero-order valence-corrected chi connectivity index (χ0v) is 14.3. The van der Waals surface area contributed by atoms with E-state index in [0.29, 0.717) is 12.2 Å². The van der Waals surface area contributed by atoms with Crippen molar-refractivity contribution in [1.29, 1.82) is 0 Å². The first kappa shape index (κ1) is 19.5. The van der Waals surface area contributed by atoms with Crippen molar-refractivity contribution in [3.8, 4) is 0 Å². The number of hydrogen-bond donors (Lipinski definition) is 2. The van der Waals surface area contributed by atoms with Gasteiger partial charge in [-0.3, -0.25) is 9.69 Å². The lowest BCUT2D eigenvalue weighted by Crippen LogP contribution is -2.43. The molecule has 0 fully saturated rings. The fourth-order valence-corrected chi connectivity index (χ4v) is 2.00. The van der Waals surface area contributed by atoms with Gasteiger partial charge in [0.25, 0.3) is 0 Å². The number of benzene rings is 1. The van der Waals surface area contributed by atoms with Crippen LogP contribution in [-0.2, 0) is 9.53 Å². The van der Waals surface area contributed by atoms with Gasteiger partial charge in [0, 0.05) is 18.3 Å². The van der Waals surface area contributed by atoms with Gasteiger partial charge in [-0.05, 0) is 52.0 Å². The SMILES string of the molecule is CC(C)OCC(O)CN(CC(=O)Nc1ccc(F)cc1)C(C)C. The van der Waals surface area contributed by atoms with Crippen LogP contribution in [0.15, 0.2) is 24.3 Å². The molecule has 130 valence electrons. The molecule has 1 aromatic rings. The van der Waals surface area contributed by atoms with Gasteiger partial charge in [0.1, 0.15) is 5.82 Å². The number of carbonyl (C=O) groups excluding carboxylic acids is 1. The van der Waals surface area contributed by atoms with Gasteiger partial charge in [0.05, 0.1) is 25.4 Å². The van der Waals surface area contributed by atoms with Crippen molar-refractivity contribution in [2.24, 2.45) is 0 Å². The van der Waals surface area contributed by atoms with Crippen LogP contribution in [0.2, 0.25) is 0 Å². The minimum Gasteiger partial charge on any atom is -0.389 e. The smallest absolute Gasteiger partial charge is 0.238 e. The summed E-state index contributed by atoms with van der Waals surface area (Å²) < 4.78 is 18.2. The normalized spacial score (nSPS) is 12.9. The highest BCUT2D eigenvalue weighted by atomic mass is 19.1. The number of halogens is 1. The van der Waals surface area contributed by atoms with Crippen LogP contribution in [0.5, 0.6) is 0 Å². The van der Waals surface area contributed by atoms with Crippen LogP contribution in [0.4, 0.5) is 10.1 Å². The average Bonchev–Trinajstić information content (AvgIpc) is 2.46. The van der Waals surface area contributed by atoms with E-state index in [1.807, 2.05) is 32.6 Å². The Labute approximate surface area is 137 Å². The fourth-order valence-electron chi connectivity index (χ4n) is 2.00.